The number of likely N-dealkylation sites (tertiary alicyclic amines) is 1. The van der Waals surface area contributed by atoms with Crippen molar-refractivity contribution in [1.82, 2.24) is 9.21 Å². The molecule has 0 amide bonds. The number of rotatable bonds is 3. The molecule has 1 aliphatic carbocycles. The SMILES string of the molecule is c1cc2c(cc1SN1CCC3(CCC(N4CC5(COC5)C4)C3)CC1)OCCO2. The molecule has 6 rings (SSSR count). The van der Waals surface area contributed by atoms with Gasteiger partial charge < -0.3 is 14.2 Å². The lowest BCUT2D eigenvalue weighted by molar-refractivity contribution is -0.198. The van der Waals surface area contributed by atoms with E-state index in [4.69, 9.17) is 14.2 Å². The maximum atomic E-state index is 5.74. The van der Waals surface area contributed by atoms with Crippen LogP contribution in [0.5, 0.6) is 11.5 Å². The summed E-state index contributed by atoms with van der Waals surface area (Å²) in [5.41, 5.74) is 1.16. The molecule has 6 heteroatoms. The summed E-state index contributed by atoms with van der Waals surface area (Å²) < 4.78 is 19.4. The topological polar surface area (TPSA) is 34.2 Å². The van der Waals surface area contributed by atoms with Crippen molar-refractivity contribution >= 4 is 11.9 Å². The molecule has 4 aliphatic heterocycles. The van der Waals surface area contributed by atoms with E-state index in [0.717, 1.165) is 30.8 Å². The Hall–Kier alpha value is -0.950. The lowest BCUT2D eigenvalue weighted by Gasteiger charge is -2.57. The standard InChI is InChI=1S/C22H30N2O3S/c1-2-19-20(27-10-9-26-19)11-18(1)28-24-7-5-21(6-8-24)4-3-17(12-21)23-13-22(14-23)15-25-16-22/h1-2,11,17H,3-10,12-16H2. The lowest BCUT2D eigenvalue weighted by Crippen LogP contribution is -2.67. The van der Waals surface area contributed by atoms with E-state index < -0.39 is 0 Å². The summed E-state index contributed by atoms with van der Waals surface area (Å²) in [7, 11) is 0. The fraction of sp³-hybridized carbons (Fsp3) is 0.727. The Morgan fingerprint density at radius 2 is 1.71 bits per heavy atom. The molecule has 4 fully saturated rings. The van der Waals surface area contributed by atoms with Crippen molar-refractivity contribution in [1.29, 1.82) is 0 Å². The minimum atomic E-state index is 0.555. The van der Waals surface area contributed by atoms with Crippen LogP contribution in [-0.2, 0) is 4.74 Å². The third-order valence-corrected chi connectivity index (χ3v) is 8.71. The maximum absolute atomic E-state index is 5.74. The molecule has 5 nitrogen and oxygen atoms in total. The second-order valence-corrected chi connectivity index (χ2v) is 10.8. The van der Waals surface area contributed by atoms with Crippen LogP contribution in [0, 0.1) is 10.8 Å². The summed E-state index contributed by atoms with van der Waals surface area (Å²) in [5.74, 6) is 1.78. The molecule has 0 aromatic heterocycles. The van der Waals surface area contributed by atoms with Crippen LogP contribution in [0.15, 0.2) is 23.1 Å². The first kappa shape index (κ1) is 17.9. The third kappa shape index (κ3) is 3.13. The number of fused-ring (bicyclic) bond motifs is 1. The van der Waals surface area contributed by atoms with Crippen molar-refractivity contribution in [2.75, 3.05) is 52.6 Å². The van der Waals surface area contributed by atoms with Crippen molar-refractivity contribution in [3.8, 4) is 11.5 Å². The number of piperidine rings is 1. The molecule has 152 valence electrons. The third-order valence-electron chi connectivity index (χ3n) is 7.62. The molecule has 1 aromatic rings. The van der Waals surface area contributed by atoms with Gasteiger partial charge in [-0.3, -0.25) is 4.90 Å². The van der Waals surface area contributed by atoms with Crippen LogP contribution in [0.2, 0.25) is 0 Å². The molecule has 0 bridgehead atoms. The molecule has 28 heavy (non-hydrogen) atoms. The highest BCUT2D eigenvalue weighted by Gasteiger charge is 2.53. The van der Waals surface area contributed by atoms with Crippen LogP contribution in [0.4, 0.5) is 0 Å². The van der Waals surface area contributed by atoms with Crippen molar-refractivity contribution in [3.63, 3.8) is 0 Å². The van der Waals surface area contributed by atoms with Gasteiger partial charge in [-0.1, -0.05) is 0 Å². The fourth-order valence-corrected chi connectivity index (χ4v) is 6.82. The first-order valence-corrected chi connectivity index (χ1v) is 11.6. The summed E-state index contributed by atoms with van der Waals surface area (Å²) in [6.07, 6.45) is 6.96. The minimum absolute atomic E-state index is 0.555. The average Bonchev–Trinajstić information content (AvgIpc) is 3.05. The minimum Gasteiger partial charge on any atom is -0.486 e. The Kier molecular flexibility index (Phi) is 4.34. The Morgan fingerprint density at radius 1 is 0.929 bits per heavy atom. The van der Waals surface area contributed by atoms with Gasteiger partial charge in [0, 0.05) is 42.5 Å². The highest BCUT2D eigenvalue weighted by Crippen LogP contribution is 2.51. The van der Waals surface area contributed by atoms with E-state index in [1.54, 1.807) is 0 Å². The predicted molar refractivity (Wildman–Crippen MR) is 109 cm³/mol. The molecule has 1 atom stereocenters. The molecular formula is C22H30N2O3S. The monoisotopic (exact) mass is 402 g/mol. The van der Waals surface area contributed by atoms with Crippen LogP contribution >= 0.6 is 11.9 Å². The van der Waals surface area contributed by atoms with Crippen molar-refractivity contribution in [3.05, 3.63) is 18.2 Å². The van der Waals surface area contributed by atoms with Gasteiger partial charge in [0.2, 0.25) is 0 Å². The molecule has 0 N–H and O–H groups in total. The Labute approximate surface area is 171 Å². The maximum Gasteiger partial charge on any atom is 0.162 e. The Morgan fingerprint density at radius 3 is 2.46 bits per heavy atom. The Bertz CT molecular complexity index is 737. The molecule has 1 aromatic carbocycles. The Balaban J connectivity index is 1.02. The molecule has 1 saturated carbocycles. The van der Waals surface area contributed by atoms with E-state index in [9.17, 15) is 0 Å². The molecule has 2 spiro atoms. The van der Waals surface area contributed by atoms with Crippen LogP contribution in [0.25, 0.3) is 0 Å². The average molecular weight is 403 g/mol. The van der Waals surface area contributed by atoms with E-state index in [2.05, 4.69) is 27.4 Å². The number of nitrogens with zero attached hydrogens (tertiary/aromatic N) is 2. The summed E-state index contributed by atoms with van der Waals surface area (Å²) in [6, 6.07) is 7.19. The quantitative estimate of drug-likeness (QED) is 0.721. The molecular weight excluding hydrogens is 372 g/mol. The van der Waals surface area contributed by atoms with Crippen molar-refractivity contribution in [2.45, 2.75) is 43.0 Å². The van der Waals surface area contributed by atoms with Gasteiger partial charge in [0.05, 0.1) is 13.2 Å². The van der Waals surface area contributed by atoms with Crippen LogP contribution in [0.1, 0.15) is 32.1 Å². The zero-order chi connectivity index (χ0) is 18.6. The van der Waals surface area contributed by atoms with E-state index in [0.29, 0.717) is 24.0 Å². The second-order valence-electron chi connectivity index (χ2n) is 9.62. The molecule has 1 unspecified atom stereocenters. The molecule has 5 aliphatic rings. The van der Waals surface area contributed by atoms with E-state index in [-0.39, 0.29) is 0 Å². The fourth-order valence-electron chi connectivity index (χ4n) is 5.87. The zero-order valence-electron chi connectivity index (χ0n) is 16.5. The number of ether oxygens (including phenoxy) is 3. The van der Waals surface area contributed by atoms with Gasteiger partial charge in [0.25, 0.3) is 0 Å². The molecule has 4 heterocycles. The van der Waals surface area contributed by atoms with E-state index in [1.165, 1.54) is 63.2 Å². The van der Waals surface area contributed by atoms with Crippen molar-refractivity contribution < 1.29 is 14.2 Å². The van der Waals surface area contributed by atoms with Crippen LogP contribution in [-0.4, -0.2) is 67.9 Å². The predicted octanol–water partition coefficient (Wildman–Crippen LogP) is 3.43. The molecule has 0 radical (unpaired) electrons. The number of benzene rings is 1. The zero-order valence-corrected chi connectivity index (χ0v) is 17.3. The van der Waals surface area contributed by atoms with Gasteiger partial charge >= 0.3 is 0 Å². The summed E-state index contributed by atoms with van der Waals surface area (Å²) in [5, 5.41) is 0. The van der Waals surface area contributed by atoms with Gasteiger partial charge in [-0.15, -0.1) is 0 Å². The smallest absolute Gasteiger partial charge is 0.162 e. The summed E-state index contributed by atoms with van der Waals surface area (Å²) >= 11 is 1.89. The number of hydrogen-bond donors (Lipinski definition) is 0. The summed E-state index contributed by atoms with van der Waals surface area (Å²) in [6.45, 7) is 8.30. The lowest BCUT2D eigenvalue weighted by atomic mass is 9.75. The van der Waals surface area contributed by atoms with E-state index >= 15 is 0 Å². The highest BCUT2D eigenvalue weighted by atomic mass is 32.2. The highest BCUT2D eigenvalue weighted by molar-refractivity contribution is 7.97. The number of hydrogen-bond acceptors (Lipinski definition) is 6. The second kappa shape index (κ2) is 6.79. The first-order chi connectivity index (χ1) is 13.7. The first-order valence-electron chi connectivity index (χ1n) is 10.9. The largest absolute Gasteiger partial charge is 0.486 e. The van der Waals surface area contributed by atoms with Gasteiger partial charge in [-0.05, 0) is 67.7 Å². The van der Waals surface area contributed by atoms with Gasteiger partial charge in [0.15, 0.2) is 11.5 Å². The van der Waals surface area contributed by atoms with Crippen molar-refractivity contribution in [2.24, 2.45) is 10.8 Å². The van der Waals surface area contributed by atoms with Gasteiger partial charge in [0.1, 0.15) is 13.2 Å². The van der Waals surface area contributed by atoms with Crippen LogP contribution < -0.4 is 9.47 Å². The molecule has 3 saturated heterocycles. The van der Waals surface area contributed by atoms with Gasteiger partial charge in [-0.2, -0.15) is 0 Å². The normalized spacial score (nSPS) is 30.9. The van der Waals surface area contributed by atoms with E-state index in [1.807, 2.05) is 11.9 Å². The van der Waals surface area contributed by atoms with Crippen LogP contribution in [0.3, 0.4) is 0 Å². The van der Waals surface area contributed by atoms with Gasteiger partial charge in [-0.25, -0.2) is 4.31 Å². The summed E-state index contributed by atoms with van der Waals surface area (Å²) in [4.78, 5) is 4.02.